The van der Waals surface area contributed by atoms with Crippen molar-refractivity contribution in [1.82, 2.24) is 0 Å². The molecule has 0 aliphatic carbocycles. The molecule has 0 aliphatic heterocycles. The van der Waals surface area contributed by atoms with Gasteiger partial charge in [0.15, 0.2) is 6.10 Å². The summed E-state index contributed by atoms with van der Waals surface area (Å²) < 4.78 is 16.7. The van der Waals surface area contributed by atoms with Crippen molar-refractivity contribution in [1.29, 1.82) is 0 Å². The van der Waals surface area contributed by atoms with Gasteiger partial charge in [0.1, 0.15) is 13.2 Å². The van der Waals surface area contributed by atoms with Crippen LogP contribution in [0.4, 0.5) is 0 Å². The molecule has 0 fully saturated rings. The lowest BCUT2D eigenvalue weighted by molar-refractivity contribution is -0.166. The summed E-state index contributed by atoms with van der Waals surface area (Å²) in [4.78, 5) is 37.9. The molecule has 0 rings (SSSR count). The summed E-state index contributed by atoms with van der Waals surface area (Å²) >= 11 is 0. The summed E-state index contributed by atoms with van der Waals surface area (Å²) in [5.41, 5.74) is 0. The smallest absolute Gasteiger partial charge is 0.306 e. The zero-order valence-electron chi connectivity index (χ0n) is 40.9. The van der Waals surface area contributed by atoms with E-state index in [4.69, 9.17) is 14.2 Å². The van der Waals surface area contributed by atoms with Crippen molar-refractivity contribution >= 4 is 17.9 Å². The van der Waals surface area contributed by atoms with Gasteiger partial charge in [-0.05, 0) is 89.9 Å². The Labute approximate surface area is 383 Å². The van der Waals surface area contributed by atoms with Gasteiger partial charge in [-0.15, -0.1) is 0 Å². The summed E-state index contributed by atoms with van der Waals surface area (Å²) in [6, 6.07) is 0. The van der Waals surface area contributed by atoms with Crippen LogP contribution in [0.15, 0.2) is 60.8 Å². The van der Waals surface area contributed by atoms with Crippen LogP contribution in [0.25, 0.3) is 0 Å². The Bertz CT molecular complexity index is 1130. The summed E-state index contributed by atoms with van der Waals surface area (Å²) in [6.07, 6.45) is 62.2. The van der Waals surface area contributed by atoms with Crippen molar-refractivity contribution < 1.29 is 28.6 Å². The van der Waals surface area contributed by atoms with E-state index in [-0.39, 0.29) is 37.5 Å². The number of allylic oxidation sites excluding steroid dienone is 10. The van der Waals surface area contributed by atoms with Crippen LogP contribution in [-0.2, 0) is 28.6 Å². The molecule has 0 N–H and O–H groups in total. The molecule has 6 heteroatoms. The Morgan fingerprint density at radius 1 is 0.339 bits per heavy atom. The van der Waals surface area contributed by atoms with Crippen LogP contribution in [0.1, 0.15) is 258 Å². The van der Waals surface area contributed by atoms with Gasteiger partial charge in [0.2, 0.25) is 0 Å². The van der Waals surface area contributed by atoms with E-state index in [9.17, 15) is 14.4 Å². The maximum absolute atomic E-state index is 12.7. The van der Waals surface area contributed by atoms with Gasteiger partial charge in [-0.2, -0.15) is 0 Å². The standard InChI is InChI=1S/C56H98O6/c1-4-7-10-13-16-19-22-25-26-27-28-29-30-32-34-37-40-43-46-49-55(58)61-52-53(51-60-54(57)48-45-42-39-36-33-24-21-18-15-12-9-6-3)62-56(59)50-47-44-41-38-35-31-23-20-17-14-11-8-5-2/h9,12,18,21,27-28,31,35,41,44,53H,4-8,10-11,13-17,19-20,22-26,29-30,32-34,36-40,42-43,45-52H2,1-3H3/b12-9-,21-18-,28-27-,35-31-,44-41-. The van der Waals surface area contributed by atoms with Crippen molar-refractivity contribution in [2.24, 2.45) is 0 Å². The number of unbranched alkanes of at least 4 members (excludes halogenated alkanes) is 26. The molecule has 0 saturated heterocycles. The van der Waals surface area contributed by atoms with Crippen molar-refractivity contribution in [3.8, 4) is 0 Å². The van der Waals surface area contributed by atoms with E-state index in [0.717, 1.165) is 83.5 Å². The fourth-order valence-electron chi connectivity index (χ4n) is 7.29. The first kappa shape index (κ1) is 59.1. The minimum Gasteiger partial charge on any atom is -0.462 e. The van der Waals surface area contributed by atoms with Crippen LogP contribution in [0.3, 0.4) is 0 Å². The Balaban J connectivity index is 4.39. The molecule has 0 aromatic rings. The fourth-order valence-corrected chi connectivity index (χ4v) is 7.29. The van der Waals surface area contributed by atoms with Crippen molar-refractivity contribution in [3.05, 3.63) is 60.8 Å². The molecule has 0 aliphatic rings. The van der Waals surface area contributed by atoms with E-state index in [1.165, 1.54) is 128 Å². The van der Waals surface area contributed by atoms with Crippen LogP contribution >= 0.6 is 0 Å². The van der Waals surface area contributed by atoms with Crippen molar-refractivity contribution in [3.63, 3.8) is 0 Å². The molecule has 358 valence electrons. The van der Waals surface area contributed by atoms with Gasteiger partial charge in [0.05, 0.1) is 0 Å². The first-order chi connectivity index (χ1) is 30.5. The van der Waals surface area contributed by atoms with Crippen LogP contribution in [0.5, 0.6) is 0 Å². The maximum Gasteiger partial charge on any atom is 0.306 e. The molecule has 0 aromatic carbocycles. The first-order valence-corrected chi connectivity index (χ1v) is 26.3. The third-order valence-corrected chi connectivity index (χ3v) is 11.2. The van der Waals surface area contributed by atoms with E-state index in [2.05, 4.69) is 75.5 Å². The number of ether oxygens (including phenoxy) is 3. The third kappa shape index (κ3) is 48.1. The maximum atomic E-state index is 12.7. The fraction of sp³-hybridized carbons (Fsp3) is 0.768. The molecule has 62 heavy (non-hydrogen) atoms. The molecule has 0 amide bonds. The summed E-state index contributed by atoms with van der Waals surface area (Å²) in [5, 5.41) is 0. The Morgan fingerprint density at radius 3 is 1.05 bits per heavy atom. The average molecular weight is 867 g/mol. The van der Waals surface area contributed by atoms with Gasteiger partial charge >= 0.3 is 17.9 Å². The lowest BCUT2D eigenvalue weighted by atomic mass is 10.1. The predicted molar refractivity (Wildman–Crippen MR) is 265 cm³/mol. The number of carbonyl (C=O) groups is 3. The second-order valence-electron chi connectivity index (χ2n) is 17.4. The van der Waals surface area contributed by atoms with Crippen LogP contribution < -0.4 is 0 Å². The molecule has 1 unspecified atom stereocenters. The van der Waals surface area contributed by atoms with E-state index in [0.29, 0.717) is 19.3 Å². The lowest BCUT2D eigenvalue weighted by Crippen LogP contribution is -2.30. The highest BCUT2D eigenvalue weighted by Crippen LogP contribution is 2.14. The SMILES string of the molecule is CC/C=C\C/C=C\CCCCCCCC(=O)OCC(COC(=O)CCCCCCCCC/C=C\CCCCCCCCCC)OC(=O)CC/C=C\C/C=C\CCCCCCCC. The highest BCUT2D eigenvalue weighted by atomic mass is 16.6. The normalized spacial score (nSPS) is 12.5. The third-order valence-electron chi connectivity index (χ3n) is 11.2. The van der Waals surface area contributed by atoms with Crippen LogP contribution in [0.2, 0.25) is 0 Å². The van der Waals surface area contributed by atoms with Crippen LogP contribution in [-0.4, -0.2) is 37.2 Å². The molecular weight excluding hydrogens is 769 g/mol. The van der Waals surface area contributed by atoms with E-state index < -0.39 is 6.10 Å². The Hall–Kier alpha value is -2.89. The first-order valence-electron chi connectivity index (χ1n) is 26.3. The molecule has 0 spiro atoms. The predicted octanol–water partition coefficient (Wildman–Crippen LogP) is 17.3. The Morgan fingerprint density at radius 2 is 0.661 bits per heavy atom. The quantitative estimate of drug-likeness (QED) is 0.0262. The number of hydrogen-bond donors (Lipinski definition) is 0. The topological polar surface area (TPSA) is 78.9 Å². The Kier molecular flexibility index (Phi) is 48.4. The largest absolute Gasteiger partial charge is 0.462 e. The number of esters is 3. The molecule has 0 saturated carbocycles. The summed E-state index contributed by atoms with van der Waals surface area (Å²) in [6.45, 7) is 6.46. The van der Waals surface area contributed by atoms with E-state index in [1.54, 1.807) is 0 Å². The van der Waals surface area contributed by atoms with Gasteiger partial charge in [0.25, 0.3) is 0 Å². The summed E-state index contributed by atoms with van der Waals surface area (Å²) in [5.74, 6) is -0.988. The van der Waals surface area contributed by atoms with E-state index in [1.807, 2.05) is 6.08 Å². The average Bonchev–Trinajstić information content (AvgIpc) is 3.27. The van der Waals surface area contributed by atoms with Gasteiger partial charge in [-0.25, -0.2) is 0 Å². The lowest BCUT2D eigenvalue weighted by Gasteiger charge is -2.18. The molecule has 0 aromatic heterocycles. The van der Waals surface area contributed by atoms with Gasteiger partial charge < -0.3 is 14.2 Å². The van der Waals surface area contributed by atoms with Crippen molar-refractivity contribution in [2.75, 3.05) is 13.2 Å². The molecule has 0 heterocycles. The number of carbonyl (C=O) groups excluding carboxylic acids is 3. The highest BCUT2D eigenvalue weighted by Gasteiger charge is 2.19. The van der Waals surface area contributed by atoms with Crippen LogP contribution in [0, 0.1) is 0 Å². The molecular formula is C56H98O6. The zero-order valence-corrected chi connectivity index (χ0v) is 40.9. The molecule has 6 nitrogen and oxygen atoms in total. The minimum atomic E-state index is -0.810. The highest BCUT2D eigenvalue weighted by molar-refractivity contribution is 5.71. The monoisotopic (exact) mass is 867 g/mol. The second-order valence-corrected chi connectivity index (χ2v) is 17.4. The molecule has 0 bridgehead atoms. The van der Waals surface area contributed by atoms with Gasteiger partial charge in [-0.3, -0.25) is 14.4 Å². The minimum absolute atomic E-state index is 0.103. The van der Waals surface area contributed by atoms with Gasteiger partial charge in [-0.1, -0.05) is 210 Å². The van der Waals surface area contributed by atoms with E-state index >= 15 is 0 Å². The number of rotatable bonds is 47. The van der Waals surface area contributed by atoms with Crippen molar-refractivity contribution in [2.45, 2.75) is 264 Å². The molecule has 1 atom stereocenters. The summed E-state index contributed by atoms with van der Waals surface area (Å²) in [7, 11) is 0. The second kappa shape index (κ2) is 50.8. The number of hydrogen-bond acceptors (Lipinski definition) is 6. The molecule has 0 radical (unpaired) electrons. The van der Waals surface area contributed by atoms with Gasteiger partial charge in [0, 0.05) is 19.3 Å². The zero-order chi connectivity index (χ0) is 45.1.